The van der Waals surface area contributed by atoms with Crippen LogP contribution in [0.15, 0.2) is 24.3 Å². The van der Waals surface area contributed by atoms with Crippen LogP contribution in [0.1, 0.15) is 43.7 Å². The minimum atomic E-state index is 0.604. The van der Waals surface area contributed by atoms with Crippen molar-refractivity contribution in [2.75, 3.05) is 20.6 Å². The third-order valence-corrected chi connectivity index (χ3v) is 4.58. The molecule has 0 aromatic heterocycles. The van der Waals surface area contributed by atoms with E-state index < -0.39 is 0 Å². The van der Waals surface area contributed by atoms with E-state index in [0.29, 0.717) is 18.0 Å². The van der Waals surface area contributed by atoms with E-state index in [1.54, 1.807) is 5.56 Å². The second kappa shape index (κ2) is 6.73. The molecule has 1 saturated carbocycles. The minimum Gasteiger partial charge on any atom is -0.310 e. The Morgan fingerprint density at radius 2 is 1.85 bits per heavy atom. The summed E-state index contributed by atoms with van der Waals surface area (Å²) in [6, 6.07) is 10.2. The van der Waals surface area contributed by atoms with Crippen LogP contribution in [-0.2, 0) is 0 Å². The van der Waals surface area contributed by atoms with Gasteiger partial charge in [0, 0.05) is 18.6 Å². The number of benzene rings is 1. The van der Waals surface area contributed by atoms with E-state index >= 15 is 0 Å². The van der Waals surface area contributed by atoms with Crippen LogP contribution < -0.4 is 5.32 Å². The van der Waals surface area contributed by atoms with Crippen molar-refractivity contribution in [1.82, 2.24) is 10.2 Å². The summed E-state index contributed by atoms with van der Waals surface area (Å²) in [5.74, 6) is 1.45. The largest absolute Gasteiger partial charge is 0.310 e. The van der Waals surface area contributed by atoms with Crippen molar-refractivity contribution in [3.05, 3.63) is 35.4 Å². The van der Waals surface area contributed by atoms with Gasteiger partial charge in [0.2, 0.25) is 0 Å². The summed E-state index contributed by atoms with van der Waals surface area (Å²) in [6.07, 6.45) is 2.59. The molecule has 0 bridgehead atoms. The number of hydrogen-bond acceptors (Lipinski definition) is 2. The van der Waals surface area contributed by atoms with Gasteiger partial charge in [0.15, 0.2) is 0 Å². The standard InChI is InChI=1S/C18H30N2/c1-13(2)18(12-20(4)5)19-16-10-15(11-16)17-9-7-6-8-14(17)3/h6-9,13,15-16,18-19H,10-12H2,1-5H3. The summed E-state index contributed by atoms with van der Waals surface area (Å²) >= 11 is 0. The Bertz CT molecular complexity index is 419. The molecule has 20 heavy (non-hydrogen) atoms. The Balaban J connectivity index is 1.85. The number of rotatable bonds is 6. The molecule has 0 heterocycles. The summed E-state index contributed by atoms with van der Waals surface area (Å²) < 4.78 is 0. The van der Waals surface area contributed by atoms with E-state index in [0.717, 1.165) is 12.5 Å². The van der Waals surface area contributed by atoms with Crippen molar-refractivity contribution < 1.29 is 0 Å². The number of nitrogens with one attached hydrogen (secondary N) is 1. The van der Waals surface area contributed by atoms with Crippen LogP contribution in [-0.4, -0.2) is 37.6 Å². The first-order valence-corrected chi connectivity index (χ1v) is 7.93. The van der Waals surface area contributed by atoms with Gasteiger partial charge >= 0.3 is 0 Å². The first-order valence-electron chi connectivity index (χ1n) is 7.93. The van der Waals surface area contributed by atoms with Crippen molar-refractivity contribution in [3.63, 3.8) is 0 Å². The second-order valence-electron chi connectivity index (χ2n) is 7.00. The lowest BCUT2D eigenvalue weighted by Gasteiger charge is -2.41. The van der Waals surface area contributed by atoms with E-state index in [2.05, 4.69) is 69.3 Å². The van der Waals surface area contributed by atoms with E-state index in [1.165, 1.54) is 18.4 Å². The van der Waals surface area contributed by atoms with Crippen LogP contribution in [0.3, 0.4) is 0 Å². The SMILES string of the molecule is Cc1ccccc1C1CC(NC(CN(C)C)C(C)C)C1. The van der Waals surface area contributed by atoms with Gasteiger partial charge in [-0.1, -0.05) is 38.1 Å². The molecular weight excluding hydrogens is 244 g/mol. The minimum absolute atomic E-state index is 0.604. The lowest BCUT2D eigenvalue weighted by atomic mass is 9.74. The van der Waals surface area contributed by atoms with Gasteiger partial charge in [-0.05, 0) is 56.8 Å². The zero-order valence-electron chi connectivity index (χ0n) is 13.7. The van der Waals surface area contributed by atoms with Crippen molar-refractivity contribution in [2.24, 2.45) is 5.92 Å². The number of aryl methyl sites for hydroxylation is 1. The fraction of sp³-hybridized carbons (Fsp3) is 0.667. The van der Waals surface area contributed by atoms with Gasteiger partial charge in [-0.25, -0.2) is 0 Å². The normalized spacial score (nSPS) is 23.9. The van der Waals surface area contributed by atoms with Crippen LogP contribution >= 0.6 is 0 Å². The fourth-order valence-corrected chi connectivity index (χ4v) is 3.20. The molecule has 1 N–H and O–H groups in total. The molecule has 1 atom stereocenters. The molecule has 1 aliphatic carbocycles. The Morgan fingerprint density at radius 1 is 1.20 bits per heavy atom. The quantitative estimate of drug-likeness (QED) is 0.855. The molecule has 2 nitrogen and oxygen atoms in total. The van der Waals surface area contributed by atoms with Crippen LogP contribution in [0.2, 0.25) is 0 Å². The zero-order valence-corrected chi connectivity index (χ0v) is 13.7. The Labute approximate surface area is 124 Å². The first kappa shape index (κ1) is 15.5. The zero-order chi connectivity index (χ0) is 14.7. The number of likely N-dealkylation sites (N-methyl/N-ethyl adjacent to an activating group) is 1. The molecule has 0 amide bonds. The van der Waals surface area contributed by atoms with Gasteiger partial charge < -0.3 is 10.2 Å². The van der Waals surface area contributed by atoms with Crippen LogP contribution in [0.4, 0.5) is 0 Å². The molecule has 1 aliphatic rings. The molecule has 2 rings (SSSR count). The third-order valence-electron chi connectivity index (χ3n) is 4.58. The maximum Gasteiger partial charge on any atom is 0.0220 e. The van der Waals surface area contributed by atoms with E-state index in [1.807, 2.05) is 0 Å². The van der Waals surface area contributed by atoms with Crippen LogP contribution in [0, 0.1) is 12.8 Å². The maximum atomic E-state index is 3.86. The average molecular weight is 274 g/mol. The summed E-state index contributed by atoms with van der Waals surface area (Å²) in [4.78, 5) is 2.29. The molecule has 2 heteroatoms. The van der Waals surface area contributed by atoms with Crippen molar-refractivity contribution in [1.29, 1.82) is 0 Å². The Kier molecular flexibility index (Phi) is 5.22. The highest BCUT2D eigenvalue weighted by Crippen LogP contribution is 2.38. The lowest BCUT2D eigenvalue weighted by molar-refractivity contribution is 0.210. The maximum absolute atomic E-state index is 3.86. The predicted octanol–water partition coefficient (Wildman–Crippen LogP) is 3.42. The topological polar surface area (TPSA) is 15.3 Å². The van der Waals surface area contributed by atoms with Gasteiger partial charge in [0.1, 0.15) is 0 Å². The Morgan fingerprint density at radius 3 is 2.40 bits per heavy atom. The Hall–Kier alpha value is -0.860. The van der Waals surface area contributed by atoms with E-state index in [4.69, 9.17) is 0 Å². The molecule has 1 aromatic rings. The molecule has 1 fully saturated rings. The first-order chi connectivity index (χ1) is 9.47. The van der Waals surface area contributed by atoms with Crippen molar-refractivity contribution >= 4 is 0 Å². The molecule has 0 spiro atoms. The number of nitrogens with zero attached hydrogens (tertiary/aromatic N) is 1. The lowest BCUT2D eigenvalue weighted by Crippen LogP contribution is -2.51. The van der Waals surface area contributed by atoms with Gasteiger partial charge in [-0.15, -0.1) is 0 Å². The molecule has 0 saturated heterocycles. The van der Waals surface area contributed by atoms with E-state index in [9.17, 15) is 0 Å². The van der Waals surface area contributed by atoms with Crippen molar-refractivity contribution in [2.45, 2.75) is 51.6 Å². The van der Waals surface area contributed by atoms with Gasteiger partial charge in [-0.2, -0.15) is 0 Å². The fourth-order valence-electron chi connectivity index (χ4n) is 3.20. The summed E-state index contributed by atoms with van der Waals surface area (Å²) in [6.45, 7) is 8.00. The highest BCUT2D eigenvalue weighted by atomic mass is 15.1. The molecular formula is C18H30N2. The van der Waals surface area contributed by atoms with Gasteiger partial charge in [-0.3, -0.25) is 0 Å². The summed E-state index contributed by atoms with van der Waals surface area (Å²) in [5.41, 5.74) is 3.00. The van der Waals surface area contributed by atoms with Crippen LogP contribution in [0.25, 0.3) is 0 Å². The van der Waals surface area contributed by atoms with Gasteiger partial charge in [0.05, 0.1) is 0 Å². The summed E-state index contributed by atoms with van der Waals surface area (Å²) in [7, 11) is 4.32. The van der Waals surface area contributed by atoms with Gasteiger partial charge in [0.25, 0.3) is 0 Å². The molecule has 0 radical (unpaired) electrons. The smallest absolute Gasteiger partial charge is 0.0220 e. The highest BCUT2D eigenvalue weighted by Gasteiger charge is 2.32. The summed E-state index contributed by atoms with van der Waals surface area (Å²) in [5, 5.41) is 3.86. The monoisotopic (exact) mass is 274 g/mol. The third kappa shape index (κ3) is 3.83. The number of hydrogen-bond donors (Lipinski definition) is 1. The van der Waals surface area contributed by atoms with E-state index in [-0.39, 0.29) is 0 Å². The highest BCUT2D eigenvalue weighted by molar-refractivity contribution is 5.31. The molecule has 1 aromatic carbocycles. The van der Waals surface area contributed by atoms with Crippen molar-refractivity contribution in [3.8, 4) is 0 Å². The second-order valence-corrected chi connectivity index (χ2v) is 7.00. The molecule has 1 unspecified atom stereocenters. The molecule has 112 valence electrons. The van der Waals surface area contributed by atoms with Crippen LogP contribution in [0.5, 0.6) is 0 Å². The predicted molar refractivity (Wildman–Crippen MR) is 87.3 cm³/mol. The average Bonchev–Trinajstić information content (AvgIpc) is 2.32. The molecule has 0 aliphatic heterocycles.